The first-order valence-electron chi connectivity index (χ1n) is 5.15. The predicted molar refractivity (Wildman–Crippen MR) is 63.7 cm³/mol. The number of aliphatic carboxylic acids is 1. The van der Waals surface area contributed by atoms with Gasteiger partial charge in [0.25, 0.3) is 5.69 Å². The summed E-state index contributed by atoms with van der Waals surface area (Å²) in [6.45, 7) is 0. The van der Waals surface area contributed by atoms with E-state index in [0.29, 0.717) is 10.8 Å². The number of hydrogen-bond acceptors (Lipinski definition) is 5. The van der Waals surface area contributed by atoms with Crippen molar-refractivity contribution in [3.8, 4) is 0 Å². The fraction of sp³-hybridized carbons (Fsp3) is 0.0833. The molecule has 2 aromatic carbocycles. The number of carbonyl (C=O) groups excluding carboxylic acids is 1. The van der Waals surface area contributed by atoms with E-state index in [0.717, 1.165) is 0 Å². The van der Waals surface area contributed by atoms with Gasteiger partial charge < -0.3 is 15.6 Å². The number of hydrogen-bond donors (Lipinski definition) is 1. The first-order chi connectivity index (χ1) is 8.50. The summed E-state index contributed by atoms with van der Waals surface area (Å²) in [5.41, 5.74) is 5.80. The third-order valence-electron chi connectivity index (χ3n) is 2.68. The van der Waals surface area contributed by atoms with Crippen LogP contribution in [0, 0.1) is 10.1 Å². The number of carboxylic acid groups (broad SMARTS) is 1. The highest BCUT2D eigenvalue weighted by molar-refractivity contribution is 5.99. The Morgan fingerprint density at radius 2 is 1.89 bits per heavy atom. The summed E-state index contributed by atoms with van der Waals surface area (Å²) in [5, 5.41) is 22.7. The molecule has 0 fully saturated rings. The van der Waals surface area contributed by atoms with Gasteiger partial charge in [-0.05, 0) is 5.39 Å². The van der Waals surface area contributed by atoms with Crippen LogP contribution >= 0.6 is 0 Å². The summed E-state index contributed by atoms with van der Waals surface area (Å²) in [7, 11) is 0. The summed E-state index contributed by atoms with van der Waals surface area (Å²) in [6.07, 6.45) is -0.517. The summed E-state index contributed by atoms with van der Waals surface area (Å²) in [5.74, 6) is -1.37. The standard InChI is InChI=1S/C12H10N2O4/c13-10-6-11(14(17)18)9(5-12(15)16)7-3-1-2-4-8(7)10/h1-4,6H,5,13H2,(H,15,16)/p-1. The van der Waals surface area contributed by atoms with Crippen LogP contribution in [0.2, 0.25) is 0 Å². The highest BCUT2D eigenvalue weighted by atomic mass is 16.6. The van der Waals surface area contributed by atoms with Gasteiger partial charge in [-0.25, -0.2) is 0 Å². The smallest absolute Gasteiger partial charge is 0.275 e. The second-order valence-corrected chi connectivity index (χ2v) is 3.81. The molecule has 0 heterocycles. The maximum absolute atomic E-state index is 10.9. The molecule has 0 saturated heterocycles. The van der Waals surface area contributed by atoms with Crippen molar-refractivity contribution in [1.29, 1.82) is 0 Å². The van der Waals surface area contributed by atoms with E-state index in [2.05, 4.69) is 0 Å². The molecule has 2 N–H and O–H groups in total. The summed E-state index contributed by atoms with van der Waals surface area (Å²) in [6, 6.07) is 7.88. The number of nitro groups is 1. The van der Waals surface area contributed by atoms with Gasteiger partial charge in [0.2, 0.25) is 0 Å². The number of nitrogens with two attached hydrogens (primary N) is 1. The van der Waals surface area contributed by atoms with E-state index in [1.165, 1.54) is 6.07 Å². The lowest BCUT2D eigenvalue weighted by Gasteiger charge is -2.10. The van der Waals surface area contributed by atoms with Crippen molar-refractivity contribution in [1.82, 2.24) is 0 Å². The Morgan fingerprint density at radius 1 is 1.28 bits per heavy atom. The Kier molecular flexibility index (Phi) is 2.85. The Labute approximate surface area is 102 Å². The van der Waals surface area contributed by atoms with Crippen LogP contribution in [0.15, 0.2) is 30.3 Å². The number of carboxylic acids is 1. The number of nitrogen functional groups attached to an aromatic ring is 1. The molecule has 0 radical (unpaired) electrons. The first kappa shape index (κ1) is 11.8. The SMILES string of the molecule is Nc1cc([N+](=O)[O-])c(CC(=O)[O-])c2ccccc12. The van der Waals surface area contributed by atoms with E-state index in [1.54, 1.807) is 24.3 Å². The van der Waals surface area contributed by atoms with Crippen LogP contribution in [0.1, 0.15) is 5.56 Å². The lowest BCUT2D eigenvalue weighted by Crippen LogP contribution is -2.25. The Hall–Kier alpha value is -2.63. The molecule has 0 atom stereocenters. The van der Waals surface area contributed by atoms with Gasteiger partial charge in [-0.3, -0.25) is 10.1 Å². The molecule has 0 saturated carbocycles. The topological polar surface area (TPSA) is 109 Å². The average Bonchev–Trinajstić information content (AvgIpc) is 2.32. The van der Waals surface area contributed by atoms with E-state index in [-0.39, 0.29) is 16.9 Å². The molecule has 0 aliphatic rings. The fourth-order valence-corrected chi connectivity index (χ4v) is 1.94. The molecule has 6 nitrogen and oxygen atoms in total. The molecule has 2 aromatic rings. The number of anilines is 1. The summed E-state index contributed by atoms with van der Waals surface area (Å²) in [4.78, 5) is 21.0. The number of benzene rings is 2. The lowest BCUT2D eigenvalue weighted by molar-refractivity contribution is -0.385. The highest BCUT2D eigenvalue weighted by Gasteiger charge is 2.18. The predicted octanol–water partition coefficient (Wildman–Crippen LogP) is 0.623. The van der Waals surface area contributed by atoms with Crippen molar-refractivity contribution < 1.29 is 14.8 Å². The number of carbonyl (C=O) groups is 1. The molecule has 0 spiro atoms. The average molecular weight is 245 g/mol. The summed E-state index contributed by atoms with van der Waals surface area (Å²) >= 11 is 0. The lowest BCUT2D eigenvalue weighted by atomic mass is 9.99. The quantitative estimate of drug-likeness (QED) is 0.484. The van der Waals surface area contributed by atoms with Crippen LogP contribution in [0.25, 0.3) is 10.8 Å². The minimum Gasteiger partial charge on any atom is -0.550 e. The van der Waals surface area contributed by atoms with Crippen LogP contribution in [0.4, 0.5) is 11.4 Å². The molecule has 0 bridgehead atoms. The van der Waals surface area contributed by atoms with Gasteiger partial charge in [-0.2, -0.15) is 0 Å². The van der Waals surface area contributed by atoms with Crippen molar-refractivity contribution in [2.45, 2.75) is 6.42 Å². The second kappa shape index (κ2) is 4.33. The monoisotopic (exact) mass is 245 g/mol. The third-order valence-corrected chi connectivity index (χ3v) is 2.68. The van der Waals surface area contributed by atoms with E-state index in [9.17, 15) is 20.0 Å². The van der Waals surface area contributed by atoms with Crippen LogP contribution < -0.4 is 10.8 Å². The van der Waals surface area contributed by atoms with Gasteiger partial charge >= 0.3 is 0 Å². The van der Waals surface area contributed by atoms with E-state index in [1.807, 2.05) is 0 Å². The van der Waals surface area contributed by atoms with Crippen molar-refractivity contribution in [2.24, 2.45) is 0 Å². The van der Waals surface area contributed by atoms with Crippen LogP contribution in [0.3, 0.4) is 0 Å². The molecule has 2 rings (SSSR count). The van der Waals surface area contributed by atoms with Crippen LogP contribution in [0.5, 0.6) is 0 Å². The minimum absolute atomic E-state index is 0.116. The van der Waals surface area contributed by atoms with Crippen molar-refractivity contribution in [2.75, 3.05) is 5.73 Å². The fourth-order valence-electron chi connectivity index (χ4n) is 1.94. The zero-order valence-corrected chi connectivity index (χ0v) is 9.25. The molecule has 0 aliphatic heterocycles. The normalized spacial score (nSPS) is 10.4. The van der Waals surface area contributed by atoms with Gasteiger partial charge in [-0.1, -0.05) is 24.3 Å². The van der Waals surface area contributed by atoms with Crippen molar-refractivity contribution in [3.05, 3.63) is 46.0 Å². The summed E-state index contributed by atoms with van der Waals surface area (Å²) < 4.78 is 0. The molecule has 0 unspecified atom stereocenters. The number of fused-ring (bicyclic) bond motifs is 1. The first-order valence-corrected chi connectivity index (χ1v) is 5.15. The third kappa shape index (κ3) is 1.95. The van der Waals surface area contributed by atoms with E-state index < -0.39 is 17.3 Å². The molecule has 0 aromatic heterocycles. The number of rotatable bonds is 3. The Balaban J connectivity index is 2.83. The molecule has 0 aliphatic carbocycles. The Bertz CT molecular complexity index is 652. The maximum atomic E-state index is 10.9. The number of nitro benzene ring substituents is 1. The minimum atomic E-state index is -1.37. The zero-order chi connectivity index (χ0) is 13.3. The van der Waals surface area contributed by atoms with Gasteiger partial charge in [0, 0.05) is 35.1 Å². The molecular weight excluding hydrogens is 236 g/mol. The Morgan fingerprint density at radius 3 is 2.44 bits per heavy atom. The van der Waals surface area contributed by atoms with Crippen LogP contribution in [-0.2, 0) is 11.2 Å². The van der Waals surface area contributed by atoms with Crippen LogP contribution in [-0.4, -0.2) is 10.9 Å². The second-order valence-electron chi connectivity index (χ2n) is 3.81. The van der Waals surface area contributed by atoms with Crippen molar-refractivity contribution >= 4 is 28.1 Å². The molecule has 18 heavy (non-hydrogen) atoms. The highest BCUT2D eigenvalue weighted by Crippen LogP contribution is 2.32. The van der Waals surface area contributed by atoms with E-state index in [4.69, 9.17) is 5.73 Å². The molecule has 6 heteroatoms. The number of nitrogens with zero attached hydrogens (tertiary/aromatic N) is 1. The van der Waals surface area contributed by atoms with Gasteiger partial charge in [0.15, 0.2) is 0 Å². The zero-order valence-electron chi connectivity index (χ0n) is 9.25. The van der Waals surface area contributed by atoms with Gasteiger partial charge in [-0.15, -0.1) is 0 Å². The van der Waals surface area contributed by atoms with E-state index >= 15 is 0 Å². The maximum Gasteiger partial charge on any atom is 0.275 e. The van der Waals surface area contributed by atoms with Crippen molar-refractivity contribution in [3.63, 3.8) is 0 Å². The largest absolute Gasteiger partial charge is 0.550 e. The molecule has 0 amide bonds. The molecular formula is C12H9N2O4-. The van der Waals surface area contributed by atoms with Gasteiger partial charge in [0.1, 0.15) is 0 Å². The molecule has 92 valence electrons. The van der Waals surface area contributed by atoms with Gasteiger partial charge in [0.05, 0.1) is 4.92 Å².